The number of rotatable bonds is 6. The normalized spacial score (nSPS) is 13.2. The molecule has 1 aliphatic carbocycles. The van der Waals surface area contributed by atoms with E-state index in [1.165, 1.54) is 12.8 Å². The van der Waals surface area contributed by atoms with Gasteiger partial charge >= 0.3 is 0 Å². The van der Waals surface area contributed by atoms with E-state index in [-0.39, 0.29) is 5.91 Å². The van der Waals surface area contributed by atoms with Gasteiger partial charge in [-0.15, -0.1) is 5.10 Å². The number of ether oxygens (including phenoxy) is 1. The van der Waals surface area contributed by atoms with E-state index >= 15 is 0 Å². The number of nitrogens with one attached hydrogen (secondary N) is 1. The zero-order valence-electron chi connectivity index (χ0n) is 14.3. The van der Waals surface area contributed by atoms with Crippen LogP contribution >= 0.6 is 0 Å². The standard InChI is InChI=1S/C21H19N3O2/c25-21(20-13-12-19(23-24-20)16-6-7-16)22-17-8-10-18(11-9-17)26-14-15-4-2-1-3-5-15/h1-5,8-13,16H,6-7,14H2,(H,22,25). The third kappa shape index (κ3) is 4.06. The first-order valence-corrected chi connectivity index (χ1v) is 8.70. The van der Waals surface area contributed by atoms with Gasteiger partial charge in [0, 0.05) is 11.6 Å². The predicted octanol–water partition coefficient (Wildman–Crippen LogP) is 4.19. The Balaban J connectivity index is 1.33. The number of nitrogens with zero attached hydrogens (tertiary/aromatic N) is 2. The smallest absolute Gasteiger partial charge is 0.276 e. The molecule has 0 bridgehead atoms. The highest BCUT2D eigenvalue weighted by atomic mass is 16.5. The van der Waals surface area contributed by atoms with Crippen molar-refractivity contribution in [3.63, 3.8) is 0 Å². The fourth-order valence-corrected chi connectivity index (χ4v) is 2.63. The largest absolute Gasteiger partial charge is 0.489 e. The SMILES string of the molecule is O=C(Nc1ccc(OCc2ccccc2)cc1)c1ccc(C2CC2)nn1. The van der Waals surface area contributed by atoms with Crippen LogP contribution < -0.4 is 10.1 Å². The number of anilines is 1. The Hall–Kier alpha value is -3.21. The summed E-state index contributed by atoms with van der Waals surface area (Å²) in [7, 11) is 0. The molecule has 1 fully saturated rings. The summed E-state index contributed by atoms with van der Waals surface area (Å²) < 4.78 is 5.74. The van der Waals surface area contributed by atoms with Crippen molar-refractivity contribution in [1.82, 2.24) is 10.2 Å². The molecule has 1 aliphatic rings. The minimum absolute atomic E-state index is 0.266. The summed E-state index contributed by atoms with van der Waals surface area (Å²) in [5.74, 6) is 1.02. The molecule has 0 atom stereocenters. The van der Waals surface area contributed by atoms with Gasteiger partial charge in [-0.1, -0.05) is 30.3 Å². The molecule has 130 valence electrons. The van der Waals surface area contributed by atoms with Crippen molar-refractivity contribution in [3.05, 3.63) is 83.7 Å². The van der Waals surface area contributed by atoms with E-state index in [9.17, 15) is 4.79 Å². The number of aromatic nitrogens is 2. The lowest BCUT2D eigenvalue weighted by molar-refractivity contribution is 0.102. The number of carbonyl (C=O) groups excluding carboxylic acids is 1. The third-order valence-electron chi connectivity index (χ3n) is 4.27. The fraction of sp³-hybridized carbons (Fsp3) is 0.190. The van der Waals surface area contributed by atoms with Crippen LogP contribution in [0, 0.1) is 0 Å². The van der Waals surface area contributed by atoms with Crippen molar-refractivity contribution in [2.24, 2.45) is 0 Å². The van der Waals surface area contributed by atoms with Crippen molar-refractivity contribution in [1.29, 1.82) is 0 Å². The molecule has 5 nitrogen and oxygen atoms in total. The summed E-state index contributed by atoms with van der Waals surface area (Å²) in [5, 5.41) is 11.0. The van der Waals surface area contributed by atoms with Gasteiger partial charge in [0.15, 0.2) is 5.69 Å². The van der Waals surface area contributed by atoms with E-state index in [1.807, 2.05) is 60.7 Å². The molecule has 0 radical (unpaired) electrons. The maximum Gasteiger partial charge on any atom is 0.276 e. The molecule has 1 aromatic heterocycles. The Morgan fingerprint density at radius 1 is 0.962 bits per heavy atom. The van der Waals surface area contributed by atoms with Crippen LogP contribution in [0.4, 0.5) is 5.69 Å². The van der Waals surface area contributed by atoms with Crippen LogP contribution in [0.5, 0.6) is 5.75 Å². The molecule has 0 unspecified atom stereocenters. The first-order chi connectivity index (χ1) is 12.8. The van der Waals surface area contributed by atoms with Crippen molar-refractivity contribution in [2.45, 2.75) is 25.4 Å². The summed E-state index contributed by atoms with van der Waals surface area (Å²) in [5.41, 5.74) is 3.09. The molecule has 0 aliphatic heterocycles. The topological polar surface area (TPSA) is 64.1 Å². The van der Waals surface area contributed by atoms with E-state index in [4.69, 9.17) is 4.74 Å². The highest BCUT2D eigenvalue weighted by molar-refractivity contribution is 6.02. The monoisotopic (exact) mass is 345 g/mol. The Morgan fingerprint density at radius 3 is 2.38 bits per heavy atom. The quantitative estimate of drug-likeness (QED) is 0.728. The van der Waals surface area contributed by atoms with Crippen LogP contribution in [0.2, 0.25) is 0 Å². The molecule has 2 aromatic carbocycles. The molecule has 26 heavy (non-hydrogen) atoms. The van der Waals surface area contributed by atoms with Crippen molar-refractivity contribution in [2.75, 3.05) is 5.32 Å². The summed E-state index contributed by atoms with van der Waals surface area (Å²) in [4.78, 5) is 12.3. The Bertz CT molecular complexity index is 873. The number of hydrogen-bond acceptors (Lipinski definition) is 4. The number of amides is 1. The fourth-order valence-electron chi connectivity index (χ4n) is 2.63. The Kier molecular flexibility index (Phi) is 4.60. The van der Waals surface area contributed by atoms with E-state index in [2.05, 4.69) is 15.5 Å². The van der Waals surface area contributed by atoms with Gasteiger partial charge in [0.05, 0.1) is 5.69 Å². The first kappa shape index (κ1) is 16.3. The molecular weight excluding hydrogens is 326 g/mol. The molecule has 1 N–H and O–H groups in total. The highest BCUT2D eigenvalue weighted by Crippen LogP contribution is 2.38. The average molecular weight is 345 g/mol. The van der Waals surface area contributed by atoms with E-state index < -0.39 is 0 Å². The van der Waals surface area contributed by atoms with Gasteiger partial charge in [-0.3, -0.25) is 4.79 Å². The molecule has 0 saturated heterocycles. The highest BCUT2D eigenvalue weighted by Gasteiger charge is 2.25. The summed E-state index contributed by atoms with van der Waals surface area (Å²) in [6.45, 7) is 0.509. The zero-order valence-corrected chi connectivity index (χ0v) is 14.3. The summed E-state index contributed by atoms with van der Waals surface area (Å²) in [6.07, 6.45) is 2.33. The molecule has 3 aromatic rings. The lowest BCUT2D eigenvalue weighted by atomic mass is 10.2. The Morgan fingerprint density at radius 2 is 1.73 bits per heavy atom. The molecule has 0 spiro atoms. The maximum atomic E-state index is 12.3. The number of carbonyl (C=O) groups is 1. The summed E-state index contributed by atoms with van der Waals surface area (Å²) in [6, 6.07) is 20.9. The number of hydrogen-bond donors (Lipinski definition) is 1. The lowest BCUT2D eigenvalue weighted by Gasteiger charge is -2.08. The van der Waals surface area contributed by atoms with Gasteiger partial charge in [0.2, 0.25) is 0 Å². The molecule has 1 heterocycles. The maximum absolute atomic E-state index is 12.3. The minimum atomic E-state index is -0.266. The molecule has 4 rings (SSSR count). The van der Waals surface area contributed by atoms with E-state index in [0.29, 0.717) is 23.9 Å². The van der Waals surface area contributed by atoms with E-state index in [1.54, 1.807) is 6.07 Å². The van der Waals surface area contributed by atoms with Gasteiger partial charge in [-0.2, -0.15) is 5.10 Å². The van der Waals surface area contributed by atoms with Crippen LogP contribution in [0.1, 0.15) is 40.5 Å². The van der Waals surface area contributed by atoms with E-state index in [0.717, 1.165) is 17.0 Å². The molecular formula is C21H19N3O2. The molecule has 1 saturated carbocycles. The van der Waals surface area contributed by atoms with Gasteiger partial charge in [-0.25, -0.2) is 0 Å². The van der Waals surface area contributed by atoms with Crippen molar-refractivity contribution >= 4 is 11.6 Å². The van der Waals surface area contributed by atoms with Crippen LogP contribution in [-0.4, -0.2) is 16.1 Å². The van der Waals surface area contributed by atoms with Crippen LogP contribution in [0.3, 0.4) is 0 Å². The number of benzene rings is 2. The molecule has 5 heteroatoms. The second-order valence-corrected chi connectivity index (χ2v) is 6.37. The average Bonchev–Trinajstić information content (AvgIpc) is 3.54. The minimum Gasteiger partial charge on any atom is -0.489 e. The van der Waals surface area contributed by atoms with Crippen molar-refractivity contribution < 1.29 is 9.53 Å². The zero-order chi connectivity index (χ0) is 17.8. The van der Waals surface area contributed by atoms with Gasteiger partial charge in [-0.05, 0) is 54.8 Å². The van der Waals surface area contributed by atoms with Crippen LogP contribution in [0.25, 0.3) is 0 Å². The predicted molar refractivity (Wildman–Crippen MR) is 99.2 cm³/mol. The van der Waals surface area contributed by atoms with Gasteiger partial charge in [0.25, 0.3) is 5.91 Å². The lowest BCUT2D eigenvalue weighted by Crippen LogP contribution is -2.14. The van der Waals surface area contributed by atoms with Gasteiger partial charge < -0.3 is 10.1 Å². The second kappa shape index (κ2) is 7.35. The second-order valence-electron chi connectivity index (χ2n) is 6.37. The summed E-state index contributed by atoms with van der Waals surface area (Å²) >= 11 is 0. The van der Waals surface area contributed by atoms with Crippen LogP contribution in [-0.2, 0) is 6.61 Å². The van der Waals surface area contributed by atoms with Crippen molar-refractivity contribution in [3.8, 4) is 5.75 Å². The van der Waals surface area contributed by atoms with Gasteiger partial charge in [0.1, 0.15) is 12.4 Å². The Labute approximate surface area is 152 Å². The first-order valence-electron chi connectivity index (χ1n) is 8.70. The molecule has 1 amide bonds. The van der Waals surface area contributed by atoms with Crippen LogP contribution in [0.15, 0.2) is 66.7 Å². The third-order valence-corrected chi connectivity index (χ3v) is 4.27.